The number of aliphatic hydroxyl groups is 1. The van der Waals surface area contributed by atoms with Crippen LogP contribution in [-0.2, 0) is 0 Å². The first kappa shape index (κ1) is 8.08. The molecule has 0 heterocycles. The molecule has 0 saturated carbocycles. The van der Waals surface area contributed by atoms with Crippen LogP contribution in [0, 0.1) is 0 Å². The fraction of sp³-hybridized carbons (Fsp3) is 0.429. The molecule has 0 aliphatic carbocycles. The minimum atomic E-state index is 0.304. The predicted molar refractivity (Wildman–Crippen MR) is 39.0 cm³/mol. The van der Waals surface area contributed by atoms with Gasteiger partial charge in [0.1, 0.15) is 5.76 Å². The van der Waals surface area contributed by atoms with Crippen LogP contribution in [0.4, 0.5) is 0 Å². The van der Waals surface area contributed by atoms with Crippen LogP contribution in [-0.4, -0.2) is 5.11 Å². The third-order valence-electron chi connectivity index (χ3n) is 0.944. The molecule has 0 spiro atoms. The van der Waals surface area contributed by atoms with Crippen molar-refractivity contribution in [2.75, 3.05) is 0 Å². The normalized spacial score (nSPS) is 12.3. The maximum atomic E-state index is 8.85. The Bertz CT molecular complexity index is 143. The minimum absolute atomic E-state index is 0.304. The van der Waals surface area contributed by atoms with Crippen LogP contribution in [0.1, 0.15) is 20.8 Å². The third kappa shape index (κ3) is 3.64. The number of hydrogen-bond acceptors (Lipinski definition) is 2. The predicted octanol–water partition coefficient (Wildman–Crippen LogP) is 1.92. The molecule has 0 rings (SSSR count). The summed E-state index contributed by atoms with van der Waals surface area (Å²) in [5, 5.41) is 11.7. The lowest BCUT2D eigenvalue weighted by atomic mass is 10.4. The molecular formula is C7H13NO. The fourth-order valence-electron chi connectivity index (χ4n) is 0.411. The van der Waals surface area contributed by atoms with Crippen molar-refractivity contribution in [2.45, 2.75) is 20.8 Å². The molecule has 2 heteroatoms. The average Bonchev–Trinajstić information content (AvgIpc) is 1.63. The molecule has 0 amide bonds. The van der Waals surface area contributed by atoms with Crippen molar-refractivity contribution in [1.82, 2.24) is 5.32 Å². The van der Waals surface area contributed by atoms with Crippen LogP contribution >= 0.6 is 0 Å². The number of allylic oxidation sites excluding steroid dienone is 3. The average molecular weight is 127 g/mol. The Hall–Kier alpha value is -0.920. The topological polar surface area (TPSA) is 32.3 Å². The van der Waals surface area contributed by atoms with Gasteiger partial charge < -0.3 is 10.4 Å². The van der Waals surface area contributed by atoms with Crippen molar-refractivity contribution < 1.29 is 5.11 Å². The van der Waals surface area contributed by atoms with E-state index in [-0.39, 0.29) is 0 Å². The molecule has 0 unspecified atom stereocenters. The number of nitrogens with one attached hydrogen (secondary N) is 1. The van der Waals surface area contributed by atoms with Crippen LogP contribution in [0.3, 0.4) is 0 Å². The molecule has 0 aromatic carbocycles. The molecule has 0 aliphatic heterocycles. The van der Waals surface area contributed by atoms with Gasteiger partial charge in [-0.1, -0.05) is 6.58 Å². The van der Waals surface area contributed by atoms with E-state index in [1.165, 1.54) is 0 Å². The van der Waals surface area contributed by atoms with Gasteiger partial charge in [0, 0.05) is 11.4 Å². The zero-order chi connectivity index (χ0) is 7.44. The largest absolute Gasteiger partial charge is 0.511 e. The summed E-state index contributed by atoms with van der Waals surface area (Å²) in [5.74, 6) is 0.304. The van der Waals surface area contributed by atoms with Crippen molar-refractivity contribution in [3.63, 3.8) is 0 Å². The molecule has 0 fully saturated rings. The highest BCUT2D eigenvalue weighted by Gasteiger charge is 1.90. The standard InChI is InChI=1S/C7H13NO/c1-5(2)8-6(3)7(4)9/h8-9H,1H2,2-4H3/b7-6-. The molecule has 52 valence electrons. The Labute approximate surface area is 55.9 Å². The molecule has 0 saturated heterocycles. The minimum Gasteiger partial charge on any atom is -0.511 e. The molecule has 0 aromatic heterocycles. The third-order valence-corrected chi connectivity index (χ3v) is 0.944. The van der Waals surface area contributed by atoms with Gasteiger partial charge in [0.05, 0.1) is 0 Å². The highest BCUT2D eigenvalue weighted by Crippen LogP contribution is 1.96. The second-order valence-corrected chi connectivity index (χ2v) is 2.12. The Balaban J connectivity index is 3.92. The molecule has 0 radical (unpaired) electrons. The van der Waals surface area contributed by atoms with Gasteiger partial charge in [0.2, 0.25) is 0 Å². The van der Waals surface area contributed by atoms with E-state index in [1.54, 1.807) is 13.8 Å². The van der Waals surface area contributed by atoms with Gasteiger partial charge in [-0.2, -0.15) is 0 Å². The van der Waals surface area contributed by atoms with Gasteiger partial charge in [0.15, 0.2) is 0 Å². The quantitative estimate of drug-likeness (QED) is 0.555. The summed E-state index contributed by atoms with van der Waals surface area (Å²) in [7, 11) is 0. The Kier molecular flexibility index (Phi) is 2.85. The van der Waals surface area contributed by atoms with Gasteiger partial charge in [-0.05, 0) is 20.8 Å². The van der Waals surface area contributed by atoms with Crippen LogP contribution in [0.5, 0.6) is 0 Å². The maximum absolute atomic E-state index is 8.85. The van der Waals surface area contributed by atoms with Crippen LogP contribution in [0.25, 0.3) is 0 Å². The number of hydrogen-bond donors (Lipinski definition) is 2. The summed E-state index contributed by atoms with van der Waals surface area (Å²) in [6.07, 6.45) is 0. The van der Waals surface area contributed by atoms with Gasteiger partial charge in [-0.3, -0.25) is 0 Å². The lowest BCUT2D eigenvalue weighted by molar-refractivity contribution is 0.403. The summed E-state index contributed by atoms with van der Waals surface area (Å²) in [6.45, 7) is 8.89. The van der Waals surface area contributed by atoms with Crippen molar-refractivity contribution >= 4 is 0 Å². The maximum Gasteiger partial charge on any atom is 0.108 e. The molecule has 2 N–H and O–H groups in total. The lowest BCUT2D eigenvalue weighted by Crippen LogP contribution is -2.08. The summed E-state index contributed by atoms with van der Waals surface area (Å²) in [6, 6.07) is 0. The van der Waals surface area contributed by atoms with Gasteiger partial charge >= 0.3 is 0 Å². The molecule has 9 heavy (non-hydrogen) atoms. The van der Waals surface area contributed by atoms with Gasteiger partial charge in [-0.25, -0.2) is 0 Å². The zero-order valence-electron chi connectivity index (χ0n) is 6.15. The SMILES string of the molecule is C=C(C)N/C(C)=C(/C)O. The number of aliphatic hydroxyl groups excluding tert-OH is 1. The van der Waals surface area contributed by atoms with E-state index in [0.717, 1.165) is 11.4 Å². The molecular weight excluding hydrogens is 114 g/mol. The monoisotopic (exact) mass is 127 g/mol. The Morgan fingerprint density at radius 2 is 1.78 bits per heavy atom. The van der Waals surface area contributed by atoms with Crippen molar-refractivity contribution in [3.8, 4) is 0 Å². The van der Waals surface area contributed by atoms with E-state index in [9.17, 15) is 0 Å². The summed E-state index contributed by atoms with van der Waals surface area (Å²) in [4.78, 5) is 0. The summed E-state index contributed by atoms with van der Waals surface area (Å²) >= 11 is 0. The zero-order valence-corrected chi connectivity index (χ0v) is 6.15. The Morgan fingerprint density at radius 1 is 1.33 bits per heavy atom. The highest BCUT2D eigenvalue weighted by molar-refractivity contribution is 5.06. The van der Waals surface area contributed by atoms with Crippen molar-refractivity contribution in [1.29, 1.82) is 0 Å². The first-order valence-corrected chi connectivity index (χ1v) is 2.83. The van der Waals surface area contributed by atoms with E-state index in [0.29, 0.717) is 5.76 Å². The van der Waals surface area contributed by atoms with E-state index in [4.69, 9.17) is 5.11 Å². The fourth-order valence-corrected chi connectivity index (χ4v) is 0.411. The summed E-state index contributed by atoms with van der Waals surface area (Å²) in [5.41, 5.74) is 1.59. The molecule has 0 bridgehead atoms. The van der Waals surface area contributed by atoms with Crippen molar-refractivity contribution in [3.05, 3.63) is 23.7 Å². The van der Waals surface area contributed by atoms with E-state index in [1.807, 2.05) is 6.92 Å². The number of rotatable bonds is 2. The summed E-state index contributed by atoms with van der Waals surface area (Å²) < 4.78 is 0. The second kappa shape index (κ2) is 3.17. The molecule has 0 aliphatic rings. The molecule has 0 atom stereocenters. The van der Waals surface area contributed by atoms with Crippen LogP contribution in [0.2, 0.25) is 0 Å². The van der Waals surface area contributed by atoms with Crippen LogP contribution in [0.15, 0.2) is 23.7 Å². The Morgan fingerprint density at radius 3 is 1.89 bits per heavy atom. The van der Waals surface area contributed by atoms with E-state index < -0.39 is 0 Å². The van der Waals surface area contributed by atoms with E-state index in [2.05, 4.69) is 11.9 Å². The van der Waals surface area contributed by atoms with Gasteiger partial charge in [0.25, 0.3) is 0 Å². The second-order valence-electron chi connectivity index (χ2n) is 2.12. The lowest BCUT2D eigenvalue weighted by Gasteiger charge is -2.04. The highest BCUT2D eigenvalue weighted by atomic mass is 16.3. The molecule has 2 nitrogen and oxygen atoms in total. The smallest absolute Gasteiger partial charge is 0.108 e. The first-order chi connectivity index (χ1) is 4.04. The molecule has 0 aromatic rings. The van der Waals surface area contributed by atoms with E-state index >= 15 is 0 Å². The van der Waals surface area contributed by atoms with Crippen molar-refractivity contribution in [2.24, 2.45) is 0 Å². The first-order valence-electron chi connectivity index (χ1n) is 2.83. The van der Waals surface area contributed by atoms with Gasteiger partial charge in [-0.15, -0.1) is 0 Å². The van der Waals surface area contributed by atoms with Crippen LogP contribution < -0.4 is 5.32 Å².